The van der Waals surface area contributed by atoms with Gasteiger partial charge in [0.05, 0.1) is 7.11 Å². The molecule has 0 aliphatic carbocycles. The molecule has 1 unspecified atom stereocenters. The molecule has 0 aromatic heterocycles. The van der Waals surface area contributed by atoms with Crippen molar-refractivity contribution in [1.82, 2.24) is 5.32 Å². The third-order valence-corrected chi connectivity index (χ3v) is 6.12. The van der Waals surface area contributed by atoms with Crippen LogP contribution in [0.25, 0.3) is 0 Å². The fourth-order valence-electron chi connectivity index (χ4n) is 3.84. The minimum absolute atomic E-state index is 0.0411. The molecule has 0 spiro atoms. The summed E-state index contributed by atoms with van der Waals surface area (Å²) in [6, 6.07) is 4.17. The van der Waals surface area contributed by atoms with Crippen LogP contribution in [0.4, 0.5) is 0 Å². The molecule has 4 N–H and O–H groups in total. The lowest BCUT2D eigenvalue weighted by atomic mass is 10.1. The number of aliphatic carboxylic acids is 1. The number of nitrogens with one attached hydrogen (secondary N) is 1. The molecule has 1 atom stereocenters. The van der Waals surface area contributed by atoms with Gasteiger partial charge >= 0.3 is 5.97 Å². The van der Waals surface area contributed by atoms with E-state index in [2.05, 4.69) is 24.4 Å². The summed E-state index contributed by atoms with van der Waals surface area (Å²) < 4.78 is 10.8. The SMILES string of the molecule is CCCCCCCCC=CCCCCCCCC(=O)NCc1ccc(OCC(N)C(=O)O)c(OC)c1. The number of benzene rings is 1. The normalized spacial score (nSPS) is 12.0. The quantitative estimate of drug-likeness (QED) is 0.129. The average molecular weight is 505 g/mol. The van der Waals surface area contributed by atoms with Crippen LogP contribution in [0.3, 0.4) is 0 Å². The van der Waals surface area contributed by atoms with Crippen LogP contribution in [0.2, 0.25) is 0 Å². The predicted octanol–water partition coefficient (Wildman–Crippen LogP) is 6.14. The van der Waals surface area contributed by atoms with Crippen molar-refractivity contribution >= 4 is 11.9 Å². The van der Waals surface area contributed by atoms with E-state index in [-0.39, 0.29) is 12.5 Å². The van der Waals surface area contributed by atoms with Crippen LogP contribution in [0.15, 0.2) is 30.4 Å². The first-order valence-corrected chi connectivity index (χ1v) is 13.7. The molecule has 1 rings (SSSR count). The summed E-state index contributed by atoms with van der Waals surface area (Å²) in [5.74, 6) is -0.201. The van der Waals surface area contributed by atoms with Gasteiger partial charge in [-0.15, -0.1) is 0 Å². The molecule has 0 saturated carbocycles. The predicted molar refractivity (Wildman–Crippen MR) is 145 cm³/mol. The minimum atomic E-state index is -1.13. The Kier molecular flexibility index (Phi) is 18.0. The molecule has 0 aliphatic heterocycles. The van der Waals surface area contributed by atoms with Gasteiger partial charge in [-0.2, -0.15) is 0 Å². The van der Waals surface area contributed by atoms with Crippen LogP contribution in [-0.4, -0.2) is 36.7 Å². The van der Waals surface area contributed by atoms with E-state index >= 15 is 0 Å². The maximum Gasteiger partial charge on any atom is 0.324 e. The summed E-state index contributed by atoms with van der Waals surface area (Å²) in [4.78, 5) is 23.0. The largest absolute Gasteiger partial charge is 0.493 e. The van der Waals surface area contributed by atoms with Crippen LogP contribution in [0.5, 0.6) is 11.5 Å². The number of methoxy groups -OCH3 is 1. The second kappa shape index (κ2) is 20.6. The smallest absolute Gasteiger partial charge is 0.324 e. The topological polar surface area (TPSA) is 111 Å². The van der Waals surface area contributed by atoms with Crippen molar-refractivity contribution in [3.8, 4) is 11.5 Å². The summed E-state index contributed by atoms with van der Waals surface area (Å²) in [5, 5.41) is 11.8. The van der Waals surface area contributed by atoms with Crippen molar-refractivity contribution in [2.24, 2.45) is 5.73 Å². The van der Waals surface area contributed by atoms with Crippen molar-refractivity contribution in [3.05, 3.63) is 35.9 Å². The Morgan fingerprint density at radius 1 is 0.944 bits per heavy atom. The third-order valence-electron chi connectivity index (χ3n) is 6.12. The number of unbranched alkanes of at least 4 members (excludes halogenated alkanes) is 11. The molecule has 7 heteroatoms. The Morgan fingerprint density at radius 3 is 2.17 bits per heavy atom. The summed E-state index contributed by atoms with van der Waals surface area (Å²) in [6.45, 7) is 2.50. The van der Waals surface area contributed by atoms with Gasteiger partial charge < -0.3 is 25.6 Å². The van der Waals surface area contributed by atoms with Gasteiger partial charge in [-0.3, -0.25) is 9.59 Å². The number of hydrogen-bond acceptors (Lipinski definition) is 5. The van der Waals surface area contributed by atoms with Crippen LogP contribution < -0.4 is 20.5 Å². The number of rotatable bonds is 22. The number of allylic oxidation sites excluding steroid dienone is 2. The lowest BCUT2D eigenvalue weighted by Gasteiger charge is -2.14. The van der Waals surface area contributed by atoms with Crippen molar-refractivity contribution in [3.63, 3.8) is 0 Å². The van der Waals surface area contributed by atoms with Gasteiger partial charge in [0, 0.05) is 13.0 Å². The number of nitrogens with two attached hydrogens (primary N) is 1. The van der Waals surface area contributed by atoms with Crippen LogP contribution in [-0.2, 0) is 16.1 Å². The minimum Gasteiger partial charge on any atom is -0.493 e. The van der Waals surface area contributed by atoms with E-state index < -0.39 is 12.0 Å². The van der Waals surface area contributed by atoms with Gasteiger partial charge in [0.15, 0.2) is 11.5 Å². The lowest BCUT2D eigenvalue weighted by Crippen LogP contribution is -2.36. The Labute approximate surface area is 217 Å². The Morgan fingerprint density at radius 2 is 1.56 bits per heavy atom. The number of ether oxygens (including phenoxy) is 2. The van der Waals surface area contributed by atoms with Gasteiger partial charge in [-0.05, 0) is 49.8 Å². The zero-order valence-corrected chi connectivity index (χ0v) is 22.4. The Hall–Kier alpha value is -2.54. The third kappa shape index (κ3) is 15.5. The van der Waals surface area contributed by atoms with Crippen molar-refractivity contribution in [1.29, 1.82) is 0 Å². The van der Waals surface area contributed by atoms with Gasteiger partial charge in [0.1, 0.15) is 12.6 Å². The summed E-state index contributed by atoms with van der Waals surface area (Å²) in [6.07, 6.45) is 21.3. The number of carbonyl (C=O) groups is 2. The van der Waals surface area contributed by atoms with Crippen molar-refractivity contribution in [2.75, 3.05) is 13.7 Å². The van der Waals surface area contributed by atoms with Crippen LogP contribution in [0.1, 0.15) is 102 Å². The molecule has 0 saturated heterocycles. The number of carboxylic acid groups (broad SMARTS) is 1. The number of amides is 1. The molecule has 0 bridgehead atoms. The molecule has 204 valence electrons. The van der Waals surface area contributed by atoms with E-state index in [1.165, 1.54) is 71.3 Å². The van der Waals surface area contributed by atoms with Gasteiger partial charge in [0.25, 0.3) is 0 Å². The second-order valence-electron chi connectivity index (χ2n) is 9.35. The van der Waals surface area contributed by atoms with E-state index in [0.29, 0.717) is 24.5 Å². The molecule has 0 heterocycles. The Balaban J connectivity index is 2.09. The highest BCUT2D eigenvalue weighted by Gasteiger charge is 2.14. The average Bonchev–Trinajstić information content (AvgIpc) is 2.88. The first kappa shape index (κ1) is 31.5. The fraction of sp³-hybridized carbons (Fsp3) is 0.655. The molecule has 1 amide bonds. The van der Waals surface area contributed by atoms with Crippen molar-refractivity contribution in [2.45, 2.75) is 109 Å². The maximum absolute atomic E-state index is 12.2. The van der Waals surface area contributed by atoms with E-state index in [0.717, 1.165) is 24.8 Å². The molecular weight excluding hydrogens is 456 g/mol. The van der Waals surface area contributed by atoms with Gasteiger partial charge in [-0.1, -0.05) is 76.5 Å². The number of carbonyl (C=O) groups excluding carboxylic acids is 1. The van der Waals surface area contributed by atoms with Gasteiger partial charge in [0.2, 0.25) is 5.91 Å². The molecule has 36 heavy (non-hydrogen) atoms. The van der Waals surface area contributed by atoms with E-state index in [4.69, 9.17) is 20.3 Å². The summed E-state index contributed by atoms with van der Waals surface area (Å²) >= 11 is 0. The highest BCUT2D eigenvalue weighted by molar-refractivity contribution is 5.75. The standard InChI is InChI=1S/C29H48N2O5/c1-3-4-5-6-7-8-9-10-11-12-13-14-15-16-17-18-28(32)31-22-24-19-20-26(27(21-24)35-2)36-23-25(30)29(33)34/h10-11,19-21,25H,3-9,12-18,22-23,30H2,1-2H3,(H,31,32)(H,33,34). The zero-order chi connectivity index (χ0) is 26.4. The molecule has 0 fully saturated rings. The van der Waals surface area contributed by atoms with E-state index in [9.17, 15) is 9.59 Å². The molecule has 0 aliphatic rings. The molecular formula is C29H48N2O5. The summed E-state index contributed by atoms with van der Waals surface area (Å²) in [5.41, 5.74) is 6.34. The molecule has 7 nitrogen and oxygen atoms in total. The molecule has 0 radical (unpaired) electrons. The zero-order valence-electron chi connectivity index (χ0n) is 22.4. The number of hydrogen-bond donors (Lipinski definition) is 3. The summed E-state index contributed by atoms with van der Waals surface area (Å²) in [7, 11) is 1.51. The van der Waals surface area contributed by atoms with Gasteiger partial charge in [-0.25, -0.2) is 0 Å². The van der Waals surface area contributed by atoms with Crippen molar-refractivity contribution < 1.29 is 24.2 Å². The second-order valence-corrected chi connectivity index (χ2v) is 9.35. The Bertz CT molecular complexity index is 766. The molecule has 1 aromatic rings. The molecule has 1 aromatic carbocycles. The maximum atomic E-state index is 12.2. The fourth-order valence-corrected chi connectivity index (χ4v) is 3.84. The first-order valence-electron chi connectivity index (χ1n) is 13.7. The van der Waals surface area contributed by atoms with E-state index in [1.807, 2.05) is 6.07 Å². The number of carboxylic acids is 1. The van der Waals surface area contributed by atoms with E-state index in [1.54, 1.807) is 12.1 Å². The highest BCUT2D eigenvalue weighted by atomic mass is 16.5. The highest BCUT2D eigenvalue weighted by Crippen LogP contribution is 2.28. The van der Waals surface area contributed by atoms with Crippen LogP contribution >= 0.6 is 0 Å². The first-order chi connectivity index (χ1) is 17.5. The van der Waals surface area contributed by atoms with Crippen LogP contribution in [0, 0.1) is 0 Å². The lowest BCUT2D eigenvalue weighted by molar-refractivity contribution is -0.139. The monoisotopic (exact) mass is 504 g/mol.